The first-order valence-corrected chi connectivity index (χ1v) is 4.34. The van der Waals surface area contributed by atoms with Crippen LogP contribution < -0.4 is 0 Å². The monoisotopic (exact) mass is 186 g/mol. The predicted molar refractivity (Wildman–Crippen MR) is 44.9 cm³/mol. The molecule has 0 radical (unpaired) electrons. The van der Waals surface area contributed by atoms with Crippen LogP contribution in [0.3, 0.4) is 0 Å². The van der Waals surface area contributed by atoms with Gasteiger partial charge in [0.2, 0.25) is 0 Å². The van der Waals surface area contributed by atoms with Gasteiger partial charge in [0.1, 0.15) is 12.2 Å². The van der Waals surface area contributed by atoms with Crippen LogP contribution >= 0.6 is 0 Å². The summed E-state index contributed by atoms with van der Waals surface area (Å²) in [5.41, 5.74) is 0.762. The molecule has 4 heteroatoms. The highest BCUT2D eigenvalue weighted by Gasteiger charge is 2.50. The standard InChI is InChI=1S/C9H14O4/c1-5-6(4-10)11-8-7(5)12-9(2,3)13-8/h6-8,10H,1,4H2,2-3H3/t6-,7+,8+/m0/s1. The summed E-state index contributed by atoms with van der Waals surface area (Å²) in [7, 11) is 0. The Balaban J connectivity index is 2.11. The van der Waals surface area contributed by atoms with Crippen molar-refractivity contribution in [1.29, 1.82) is 0 Å². The van der Waals surface area contributed by atoms with E-state index in [-0.39, 0.29) is 18.8 Å². The van der Waals surface area contributed by atoms with Crippen molar-refractivity contribution in [3.8, 4) is 0 Å². The molecule has 2 fully saturated rings. The van der Waals surface area contributed by atoms with E-state index in [1.165, 1.54) is 0 Å². The lowest BCUT2D eigenvalue weighted by Crippen LogP contribution is -2.26. The Morgan fingerprint density at radius 1 is 1.46 bits per heavy atom. The lowest BCUT2D eigenvalue weighted by molar-refractivity contribution is -0.202. The molecule has 0 bridgehead atoms. The van der Waals surface area contributed by atoms with E-state index in [4.69, 9.17) is 19.3 Å². The van der Waals surface area contributed by atoms with Gasteiger partial charge in [-0.3, -0.25) is 0 Å². The van der Waals surface area contributed by atoms with Gasteiger partial charge in [0.25, 0.3) is 0 Å². The maximum atomic E-state index is 8.92. The molecule has 13 heavy (non-hydrogen) atoms. The largest absolute Gasteiger partial charge is 0.393 e. The molecule has 0 saturated carbocycles. The van der Waals surface area contributed by atoms with Crippen LogP contribution in [0, 0.1) is 0 Å². The SMILES string of the molecule is C=C1[C@H](CO)O[C@@H]2OC(C)(C)O[C@H]12. The summed E-state index contributed by atoms with van der Waals surface area (Å²) in [6, 6.07) is 0. The van der Waals surface area contributed by atoms with E-state index in [1.807, 2.05) is 13.8 Å². The minimum atomic E-state index is -0.612. The Hall–Kier alpha value is -0.420. The third-order valence-electron chi connectivity index (χ3n) is 2.30. The average molecular weight is 186 g/mol. The zero-order valence-corrected chi connectivity index (χ0v) is 7.82. The van der Waals surface area contributed by atoms with Crippen molar-refractivity contribution in [2.75, 3.05) is 6.61 Å². The first kappa shape index (κ1) is 9.15. The van der Waals surface area contributed by atoms with Crippen molar-refractivity contribution < 1.29 is 19.3 Å². The Morgan fingerprint density at radius 3 is 2.69 bits per heavy atom. The molecule has 0 amide bonds. The van der Waals surface area contributed by atoms with Crippen LogP contribution in [-0.4, -0.2) is 36.0 Å². The molecule has 2 heterocycles. The second kappa shape index (κ2) is 2.78. The van der Waals surface area contributed by atoms with Crippen LogP contribution in [-0.2, 0) is 14.2 Å². The first-order valence-electron chi connectivity index (χ1n) is 4.34. The topological polar surface area (TPSA) is 47.9 Å². The minimum absolute atomic E-state index is 0.0705. The number of aliphatic hydroxyl groups is 1. The molecule has 0 aliphatic carbocycles. The summed E-state index contributed by atoms with van der Waals surface area (Å²) in [6.07, 6.45) is -0.974. The van der Waals surface area contributed by atoms with Crippen LogP contribution in [0.4, 0.5) is 0 Å². The second-order valence-electron chi connectivity index (χ2n) is 3.81. The van der Waals surface area contributed by atoms with Gasteiger partial charge in [-0.05, 0) is 19.4 Å². The Kier molecular flexibility index (Phi) is 1.96. The molecule has 0 unspecified atom stereocenters. The first-order chi connectivity index (χ1) is 6.03. The smallest absolute Gasteiger partial charge is 0.191 e. The number of rotatable bonds is 1. The normalized spacial score (nSPS) is 42.4. The fraction of sp³-hybridized carbons (Fsp3) is 0.778. The Bertz CT molecular complexity index is 236. The van der Waals surface area contributed by atoms with Crippen molar-refractivity contribution in [2.24, 2.45) is 0 Å². The third kappa shape index (κ3) is 1.40. The highest BCUT2D eigenvalue weighted by molar-refractivity contribution is 5.17. The van der Waals surface area contributed by atoms with Gasteiger partial charge in [-0.2, -0.15) is 0 Å². The lowest BCUT2D eigenvalue weighted by atomic mass is 10.1. The molecule has 1 N–H and O–H groups in total. The summed E-state index contributed by atoms with van der Waals surface area (Å²) in [5.74, 6) is -0.612. The van der Waals surface area contributed by atoms with E-state index >= 15 is 0 Å². The molecule has 74 valence electrons. The summed E-state index contributed by atoms with van der Waals surface area (Å²) < 4.78 is 16.4. The van der Waals surface area contributed by atoms with E-state index in [9.17, 15) is 0 Å². The Morgan fingerprint density at radius 2 is 2.15 bits per heavy atom. The molecule has 2 aliphatic heterocycles. The van der Waals surface area contributed by atoms with Gasteiger partial charge in [-0.1, -0.05) is 6.58 Å². The van der Waals surface area contributed by atoms with Crippen LogP contribution in [0.25, 0.3) is 0 Å². The van der Waals surface area contributed by atoms with Gasteiger partial charge in [0.05, 0.1) is 6.61 Å². The average Bonchev–Trinajstić information content (AvgIpc) is 2.47. The van der Waals surface area contributed by atoms with Gasteiger partial charge in [0.15, 0.2) is 12.1 Å². The number of hydrogen-bond acceptors (Lipinski definition) is 4. The third-order valence-corrected chi connectivity index (χ3v) is 2.30. The molecule has 0 spiro atoms. The molecular weight excluding hydrogens is 172 g/mol. The van der Waals surface area contributed by atoms with Crippen molar-refractivity contribution in [2.45, 2.75) is 38.1 Å². The van der Waals surface area contributed by atoms with Crippen LogP contribution in [0.5, 0.6) is 0 Å². The van der Waals surface area contributed by atoms with Gasteiger partial charge in [0, 0.05) is 0 Å². The number of ether oxygens (including phenoxy) is 3. The van der Waals surface area contributed by atoms with Crippen LogP contribution in [0.2, 0.25) is 0 Å². The van der Waals surface area contributed by atoms with Crippen molar-refractivity contribution in [1.82, 2.24) is 0 Å². The van der Waals surface area contributed by atoms with E-state index in [0.29, 0.717) is 0 Å². The zero-order chi connectivity index (χ0) is 9.64. The quantitative estimate of drug-likeness (QED) is 0.602. The second-order valence-corrected chi connectivity index (χ2v) is 3.81. The molecule has 0 aromatic carbocycles. The molecule has 2 aliphatic rings. The molecule has 3 atom stereocenters. The number of hydrogen-bond donors (Lipinski definition) is 1. The molecule has 0 aromatic rings. The highest BCUT2D eigenvalue weighted by Crippen LogP contribution is 2.39. The van der Waals surface area contributed by atoms with Crippen LogP contribution in [0.1, 0.15) is 13.8 Å². The van der Waals surface area contributed by atoms with Gasteiger partial charge < -0.3 is 19.3 Å². The van der Waals surface area contributed by atoms with Crippen molar-refractivity contribution in [3.05, 3.63) is 12.2 Å². The van der Waals surface area contributed by atoms with E-state index < -0.39 is 12.1 Å². The van der Waals surface area contributed by atoms with Gasteiger partial charge in [-0.25, -0.2) is 0 Å². The maximum Gasteiger partial charge on any atom is 0.191 e. The summed E-state index contributed by atoms with van der Waals surface area (Å²) in [6.45, 7) is 7.41. The fourth-order valence-corrected chi connectivity index (χ4v) is 1.67. The van der Waals surface area contributed by atoms with Crippen LogP contribution in [0.15, 0.2) is 12.2 Å². The summed E-state index contributed by atoms with van der Waals surface area (Å²) in [5, 5.41) is 8.92. The van der Waals surface area contributed by atoms with E-state index in [2.05, 4.69) is 6.58 Å². The molecule has 2 saturated heterocycles. The molecule has 4 nitrogen and oxygen atoms in total. The summed E-state index contributed by atoms with van der Waals surface area (Å²) in [4.78, 5) is 0. The highest BCUT2D eigenvalue weighted by atomic mass is 16.8. The van der Waals surface area contributed by atoms with E-state index in [1.54, 1.807) is 0 Å². The van der Waals surface area contributed by atoms with E-state index in [0.717, 1.165) is 5.57 Å². The molecular formula is C9H14O4. The maximum absolute atomic E-state index is 8.92. The van der Waals surface area contributed by atoms with Gasteiger partial charge >= 0.3 is 0 Å². The molecule has 2 rings (SSSR count). The minimum Gasteiger partial charge on any atom is -0.393 e. The number of fused-ring (bicyclic) bond motifs is 1. The molecule has 0 aromatic heterocycles. The number of aliphatic hydroxyl groups excluding tert-OH is 1. The summed E-state index contributed by atoms with van der Waals surface area (Å²) >= 11 is 0. The lowest BCUT2D eigenvalue weighted by Gasteiger charge is -2.20. The zero-order valence-electron chi connectivity index (χ0n) is 7.82. The predicted octanol–water partition coefficient (Wildman–Crippen LogP) is 0.411. The Labute approximate surface area is 77.1 Å². The van der Waals surface area contributed by atoms with Crippen molar-refractivity contribution in [3.63, 3.8) is 0 Å². The van der Waals surface area contributed by atoms with Gasteiger partial charge in [-0.15, -0.1) is 0 Å². The fourth-order valence-electron chi connectivity index (χ4n) is 1.67. The van der Waals surface area contributed by atoms with Crippen molar-refractivity contribution >= 4 is 0 Å².